The lowest BCUT2D eigenvalue weighted by Crippen LogP contribution is -2.34. The standard InChI is InChI=1S/C31H31N3O2.H2/c1-36-26-13-11-25(12-14-26)31(17-18-31)30(35)33-28-21-24-9-5-6-10-27(24)29(32-28)34-19-15-23(16-20-34)22-7-3-2-4-8-22;/h2-14,21,23H,15-20H2,1H3,(H,32,33,35);1H. The molecular formula is C31H33N3O2. The van der Waals surface area contributed by atoms with E-state index in [0.29, 0.717) is 11.7 Å². The zero-order valence-electron chi connectivity index (χ0n) is 20.6. The summed E-state index contributed by atoms with van der Waals surface area (Å²) >= 11 is 0. The molecule has 4 aromatic rings. The predicted octanol–water partition coefficient (Wildman–Crippen LogP) is 6.54. The van der Waals surface area contributed by atoms with E-state index in [2.05, 4.69) is 58.7 Å². The van der Waals surface area contributed by atoms with Gasteiger partial charge in [0, 0.05) is 19.9 Å². The molecule has 2 heterocycles. The van der Waals surface area contributed by atoms with Gasteiger partial charge in [-0.15, -0.1) is 0 Å². The number of nitrogens with one attached hydrogen (secondary N) is 1. The molecule has 0 bridgehead atoms. The summed E-state index contributed by atoms with van der Waals surface area (Å²) in [6.07, 6.45) is 3.88. The van der Waals surface area contributed by atoms with E-state index in [1.165, 1.54) is 5.56 Å². The van der Waals surface area contributed by atoms with Crippen LogP contribution in [-0.2, 0) is 10.2 Å². The summed E-state index contributed by atoms with van der Waals surface area (Å²) in [4.78, 5) is 20.9. The maximum Gasteiger partial charge on any atom is 0.236 e. The minimum Gasteiger partial charge on any atom is -0.497 e. The van der Waals surface area contributed by atoms with Gasteiger partial charge in [-0.25, -0.2) is 4.98 Å². The molecular weight excluding hydrogens is 446 g/mol. The summed E-state index contributed by atoms with van der Waals surface area (Å²) in [5.41, 5.74) is 1.97. The van der Waals surface area contributed by atoms with Gasteiger partial charge >= 0.3 is 0 Å². The van der Waals surface area contributed by atoms with Crippen molar-refractivity contribution in [2.45, 2.75) is 37.0 Å². The van der Waals surface area contributed by atoms with Crippen LogP contribution >= 0.6 is 0 Å². The molecule has 0 spiro atoms. The number of benzene rings is 3. The fourth-order valence-corrected chi connectivity index (χ4v) is 5.55. The second-order valence-electron chi connectivity index (χ2n) is 9.99. The lowest BCUT2D eigenvalue weighted by molar-refractivity contribution is -0.118. The second-order valence-corrected chi connectivity index (χ2v) is 9.99. The number of ether oxygens (including phenoxy) is 1. The van der Waals surface area contributed by atoms with Crippen LogP contribution in [0.1, 0.15) is 44.2 Å². The molecule has 1 aromatic heterocycles. The van der Waals surface area contributed by atoms with Gasteiger partial charge < -0.3 is 15.0 Å². The molecule has 184 valence electrons. The number of aromatic nitrogens is 1. The quantitative estimate of drug-likeness (QED) is 0.341. The SMILES string of the molecule is COc1ccc(C2(C(=O)Nc3cc4ccccc4c(N4CCC(c5ccccc5)CC4)n3)CC2)cc1.[HH]. The highest BCUT2D eigenvalue weighted by Gasteiger charge is 2.51. The summed E-state index contributed by atoms with van der Waals surface area (Å²) in [5.74, 6) is 2.98. The molecule has 1 aliphatic heterocycles. The zero-order chi connectivity index (χ0) is 24.5. The lowest BCUT2D eigenvalue weighted by Gasteiger charge is -2.34. The first-order valence-electron chi connectivity index (χ1n) is 12.8. The van der Waals surface area contributed by atoms with Crippen LogP contribution in [0.25, 0.3) is 10.8 Å². The van der Waals surface area contributed by atoms with E-state index < -0.39 is 5.41 Å². The number of methoxy groups -OCH3 is 1. The molecule has 1 amide bonds. The van der Waals surface area contributed by atoms with Crippen LogP contribution in [0, 0.1) is 0 Å². The molecule has 0 radical (unpaired) electrons. The van der Waals surface area contributed by atoms with Crippen molar-refractivity contribution in [2.75, 3.05) is 30.4 Å². The van der Waals surface area contributed by atoms with Gasteiger partial charge in [-0.05, 0) is 66.3 Å². The number of amides is 1. The van der Waals surface area contributed by atoms with E-state index in [1.54, 1.807) is 7.11 Å². The number of hydrogen-bond donors (Lipinski definition) is 1. The summed E-state index contributed by atoms with van der Waals surface area (Å²) in [7, 11) is 1.65. The highest BCUT2D eigenvalue weighted by atomic mass is 16.5. The van der Waals surface area contributed by atoms with Crippen LogP contribution in [-0.4, -0.2) is 31.1 Å². The molecule has 5 heteroatoms. The molecule has 2 aliphatic rings. The first kappa shape index (κ1) is 22.6. The van der Waals surface area contributed by atoms with E-state index in [1.807, 2.05) is 36.4 Å². The second kappa shape index (κ2) is 9.30. The number of rotatable bonds is 6. The molecule has 0 atom stereocenters. The van der Waals surface area contributed by atoms with Crippen LogP contribution in [0.4, 0.5) is 11.6 Å². The number of anilines is 2. The fourth-order valence-electron chi connectivity index (χ4n) is 5.55. The monoisotopic (exact) mass is 479 g/mol. The highest BCUT2D eigenvalue weighted by Crippen LogP contribution is 2.49. The van der Waals surface area contributed by atoms with Gasteiger partial charge in [-0.1, -0.05) is 66.7 Å². The first-order chi connectivity index (χ1) is 17.7. The van der Waals surface area contributed by atoms with Crippen LogP contribution in [0.2, 0.25) is 0 Å². The summed E-state index contributed by atoms with van der Waals surface area (Å²) < 4.78 is 5.29. The number of carbonyl (C=O) groups excluding carboxylic acids is 1. The highest BCUT2D eigenvalue weighted by molar-refractivity contribution is 6.03. The molecule has 1 aliphatic carbocycles. The van der Waals surface area contributed by atoms with Crippen molar-refractivity contribution in [1.29, 1.82) is 0 Å². The van der Waals surface area contributed by atoms with Gasteiger partial charge in [0.2, 0.25) is 5.91 Å². The molecule has 3 aromatic carbocycles. The van der Waals surface area contributed by atoms with Crippen LogP contribution in [0.3, 0.4) is 0 Å². The number of fused-ring (bicyclic) bond motifs is 1. The first-order valence-corrected chi connectivity index (χ1v) is 12.8. The van der Waals surface area contributed by atoms with Crippen LogP contribution in [0.5, 0.6) is 5.75 Å². The molecule has 2 fully saturated rings. The predicted molar refractivity (Wildman–Crippen MR) is 147 cm³/mol. The Morgan fingerprint density at radius 2 is 1.67 bits per heavy atom. The van der Waals surface area contributed by atoms with Crippen molar-refractivity contribution < 1.29 is 11.0 Å². The Hall–Kier alpha value is -3.86. The number of piperidine rings is 1. The number of carbonyl (C=O) groups is 1. The van der Waals surface area contributed by atoms with Crippen molar-refractivity contribution >= 4 is 28.3 Å². The third-order valence-electron chi connectivity index (χ3n) is 7.85. The zero-order valence-corrected chi connectivity index (χ0v) is 20.6. The van der Waals surface area contributed by atoms with Gasteiger partial charge in [0.25, 0.3) is 0 Å². The Bertz CT molecular complexity index is 1380. The Kier molecular flexibility index (Phi) is 5.84. The van der Waals surface area contributed by atoms with E-state index >= 15 is 0 Å². The van der Waals surface area contributed by atoms with Crippen molar-refractivity contribution in [2.24, 2.45) is 0 Å². The van der Waals surface area contributed by atoms with E-state index in [-0.39, 0.29) is 7.33 Å². The lowest BCUT2D eigenvalue weighted by atomic mass is 9.89. The average Bonchev–Trinajstić information content (AvgIpc) is 3.76. The minimum absolute atomic E-state index is 0. The Morgan fingerprint density at radius 1 is 0.972 bits per heavy atom. The Balaban J connectivity index is 0.00000280. The molecule has 5 nitrogen and oxygen atoms in total. The molecule has 1 N–H and O–H groups in total. The maximum absolute atomic E-state index is 13.5. The van der Waals surface area contributed by atoms with Crippen molar-refractivity contribution in [3.05, 3.63) is 96.1 Å². The maximum atomic E-state index is 13.5. The van der Waals surface area contributed by atoms with Gasteiger partial charge in [-0.3, -0.25) is 4.79 Å². The van der Waals surface area contributed by atoms with Crippen LogP contribution < -0.4 is 15.0 Å². The Labute approximate surface area is 213 Å². The van der Waals surface area contributed by atoms with Gasteiger partial charge in [-0.2, -0.15) is 0 Å². The van der Waals surface area contributed by atoms with E-state index in [4.69, 9.17) is 9.72 Å². The number of hydrogen-bond acceptors (Lipinski definition) is 4. The molecule has 0 unspecified atom stereocenters. The largest absolute Gasteiger partial charge is 0.497 e. The van der Waals surface area contributed by atoms with Gasteiger partial charge in [0.15, 0.2) is 0 Å². The van der Waals surface area contributed by atoms with Crippen molar-refractivity contribution in [3.8, 4) is 5.75 Å². The molecule has 1 saturated heterocycles. The van der Waals surface area contributed by atoms with Crippen molar-refractivity contribution in [1.82, 2.24) is 4.98 Å². The summed E-state index contributed by atoms with van der Waals surface area (Å²) in [6.45, 7) is 1.90. The smallest absolute Gasteiger partial charge is 0.236 e. The van der Waals surface area contributed by atoms with Gasteiger partial charge in [0.1, 0.15) is 17.4 Å². The molecule has 36 heavy (non-hydrogen) atoms. The van der Waals surface area contributed by atoms with E-state index in [0.717, 1.165) is 66.7 Å². The third-order valence-corrected chi connectivity index (χ3v) is 7.85. The fraction of sp³-hybridized carbons (Fsp3) is 0.290. The van der Waals surface area contributed by atoms with Gasteiger partial charge in [0.05, 0.1) is 12.5 Å². The summed E-state index contributed by atoms with van der Waals surface area (Å²) in [5, 5.41) is 5.39. The molecule has 6 rings (SSSR count). The average molecular weight is 480 g/mol. The van der Waals surface area contributed by atoms with Crippen molar-refractivity contribution in [3.63, 3.8) is 0 Å². The minimum atomic E-state index is -0.478. The number of pyridine rings is 1. The summed E-state index contributed by atoms with van der Waals surface area (Å²) in [6, 6.07) is 29.0. The normalized spacial score (nSPS) is 17.1. The topological polar surface area (TPSA) is 54.5 Å². The molecule has 1 saturated carbocycles. The number of nitrogens with zero attached hydrogens (tertiary/aromatic N) is 2. The van der Waals surface area contributed by atoms with E-state index in [9.17, 15) is 4.79 Å². The Morgan fingerprint density at radius 3 is 2.36 bits per heavy atom. The van der Waals surface area contributed by atoms with Crippen LogP contribution in [0.15, 0.2) is 84.9 Å². The third kappa shape index (κ3) is 4.19.